The Balaban J connectivity index is 2.43. The van der Waals surface area contributed by atoms with E-state index in [1.807, 2.05) is 24.3 Å². The van der Waals surface area contributed by atoms with Gasteiger partial charge in [-0.1, -0.05) is 24.9 Å². The highest BCUT2D eigenvalue weighted by molar-refractivity contribution is 7.97. The van der Waals surface area contributed by atoms with Gasteiger partial charge in [-0.3, -0.25) is 4.72 Å². The zero-order chi connectivity index (χ0) is 14.8. The lowest BCUT2D eigenvalue weighted by atomic mass is 10.3. The smallest absolute Gasteiger partial charge is 0.120 e. The van der Waals surface area contributed by atoms with Gasteiger partial charge in [0.05, 0.1) is 11.6 Å². The van der Waals surface area contributed by atoms with Crippen LogP contribution >= 0.6 is 23.5 Å². The molecule has 4 nitrogen and oxygen atoms in total. The van der Waals surface area contributed by atoms with E-state index >= 15 is 0 Å². The standard InChI is InChI=1S/C14H21ClN2O2S/c1-3-4-9-18-12-5-6-14(13(15)10-12)20-17-8-7-11(2)19-16/h5-7,10,17H,3-4,8-9,16H2,1-2H3/b11-7-. The van der Waals surface area contributed by atoms with Crippen molar-refractivity contribution in [3.8, 4) is 5.75 Å². The quantitative estimate of drug-likeness (QED) is 0.313. The maximum atomic E-state index is 6.21. The molecule has 112 valence electrons. The van der Waals surface area contributed by atoms with Gasteiger partial charge >= 0.3 is 0 Å². The number of hydrogen-bond donors (Lipinski definition) is 2. The van der Waals surface area contributed by atoms with Crippen LogP contribution in [-0.2, 0) is 4.84 Å². The lowest BCUT2D eigenvalue weighted by molar-refractivity contribution is 0.222. The summed E-state index contributed by atoms with van der Waals surface area (Å²) in [4.78, 5) is 5.51. The highest BCUT2D eigenvalue weighted by Crippen LogP contribution is 2.29. The summed E-state index contributed by atoms with van der Waals surface area (Å²) in [6.07, 6.45) is 4.01. The normalized spacial score (nSPS) is 11.5. The molecular formula is C14H21ClN2O2S. The monoisotopic (exact) mass is 316 g/mol. The Morgan fingerprint density at radius 1 is 1.50 bits per heavy atom. The van der Waals surface area contributed by atoms with E-state index in [4.69, 9.17) is 22.2 Å². The van der Waals surface area contributed by atoms with Crippen molar-refractivity contribution in [2.45, 2.75) is 31.6 Å². The van der Waals surface area contributed by atoms with Gasteiger partial charge in [0.1, 0.15) is 11.5 Å². The van der Waals surface area contributed by atoms with Crippen molar-refractivity contribution < 1.29 is 9.57 Å². The van der Waals surface area contributed by atoms with E-state index in [-0.39, 0.29) is 0 Å². The van der Waals surface area contributed by atoms with Crippen molar-refractivity contribution in [1.82, 2.24) is 4.72 Å². The molecule has 1 rings (SSSR count). The molecule has 0 saturated heterocycles. The van der Waals surface area contributed by atoms with Gasteiger partial charge in [-0.15, -0.1) is 0 Å². The predicted octanol–water partition coefficient (Wildman–Crippen LogP) is 3.91. The fourth-order valence-corrected chi connectivity index (χ4v) is 2.24. The third-order valence-electron chi connectivity index (χ3n) is 2.51. The molecule has 0 aliphatic carbocycles. The highest BCUT2D eigenvalue weighted by atomic mass is 35.5. The minimum Gasteiger partial charge on any atom is -0.494 e. The van der Waals surface area contributed by atoms with Crippen LogP contribution in [0.3, 0.4) is 0 Å². The van der Waals surface area contributed by atoms with Gasteiger partial charge in [0.2, 0.25) is 0 Å². The lowest BCUT2D eigenvalue weighted by Crippen LogP contribution is -2.05. The molecule has 0 aliphatic heterocycles. The van der Waals surface area contributed by atoms with Gasteiger partial charge in [-0.25, -0.2) is 0 Å². The first-order chi connectivity index (χ1) is 9.67. The number of halogens is 1. The molecule has 0 amide bonds. The molecule has 20 heavy (non-hydrogen) atoms. The summed E-state index contributed by atoms with van der Waals surface area (Å²) < 4.78 is 8.76. The van der Waals surface area contributed by atoms with Crippen LogP contribution in [0.25, 0.3) is 0 Å². The molecule has 0 unspecified atom stereocenters. The maximum Gasteiger partial charge on any atom is 0.120 e. The van der Waals surface area contributed by atoms with Crippen LogP contribution in [0.15, 0.2) is 34.9 Å². The molecule has 0 spiro atoms. The molecule has 0 bridgehead atoms. The molecule has 0 saturated carbocycles. The number of nitrogens with two attached hydrogens (primary N) is 1. The zero-order valence-corrected chi connectivity index (χ0v) is 13.4. The number of hydrogen-bond acceptors (Lipinski definition) is 5. The van der Waals surface area contributed by atoms with E-state index in [0.29, 0.717) is 17.3 Å². The first kappa shape index (κ1) is 17.2. The first-order valence-electron chi connectivity index (χ1n) is 6.53. The molecule has 0 fully saturated rings. The van der Waals surface area contributed by atoms with Gasteiger partial charge in [0.25, 0.3) is 0 Å². The number of nitrogens with one attached hydrogen (secondary N) is 1. The van der Waals surface area contributed by atoms with Gasteiger partial charge in [0.15, 0.2) is 0 Å². The van der Waals surface area contributed by atoms with Crippen LogP contribution in [0, 0.1) is 0 Å². The number of ether oxygens (including phenoxy) is 1. The van der Waals surface area contributed by atoms with E-state index in [0.717, 1.165) is 30.1 Å². The summed E-state index contributed by atoms with van der Waals surface area (Å²) >= 11 is 7.67. The molecule has 0 atom stereocenters. The molecular weight excluding hydrogens is 296 g/mol. The molecule has 0 radical (unpaired) electrons. The average molecular weight is 317 g/mol. The Morgan fingerprint density at radius 2 is 2.30 bits per heavy atom. The molecule has 6 heteroatoms. The van der Waals surface area contributed by atoms with Crippen molar-refractivity contribution in [3.05, 3.63) is 35.1 Å². The van der Waals surface area contributed by atoms with Crippen LogP contribution < -0.4 is 15.4 Å². The summed E-state index contributed by atoms with van der Waals surface area (Å²) in [5.74, 6) is 6.49. The van der Waals surface area contributed by atoms with E-state index < -0.39 is 0 Å². The van der Waals surface area contributed by atoms with Crippen molar-refractivity contribution in [2.24, 2.45) is 5.90 Å². The summed E-state index contributed by atoms with van der Waals surface area (Å²) in [6, 6.07) is 5.71. The Labute approximate surface area is 129 Å². The topological polar surface area (TPSA) is 56.5 Å². The fraction of sp³-hybridized carbons (Fsp3) is 0.429. The van der Waals surface area contributed by atoms with Crippen molar-refractivity contribution >= 4 is 23.5 Å². The zero-order valence-electron chi connectivity index (χ0n) is 11.8. The second-order valence-electron chi connectivity index (χ2n) is 4.18. The molecule has 0 aliphatic rings. The SMILES string of the molecule is CCCCOc1ccc(SNC/C=C(/C)ON)c(Cl)c1. The number of allylic oxidation sites excluding steroid dienone is 1. The van der Waals surface area contributed by atoms with Crippen LogP contribution in [0.4, 0.5) is 0 Å². The Kier molecular flexibility index (Phi) is 8.53. The van der Waals surface area contributed by atoms with Crippen LogP contribution in [0.5, 0.6) is 5.75 Å². The number of unbranched alkanes of at least 4 members (excludes halogenated alkanes) is 1. The summed E-state index contributed by atoms with van der Waals surface area (Å²) in [6.45, 7) is 5.29. The minimum absolute atomic E-state index is 0.638. The van der Waals surface area contributed by atoms with E-state index in [1.54, 1.807) is 6.92 Å². The lowest BCUT2D eigenvalue weighted by Gasteiger charge is -2.08. The predicted molar refractivity (Wildman–Crippen MR) is 84.7 cm³/mol. The van der Waals surface area contributed by atoms with Gasteiger partial charge < -0.3 is 9.57 Å². The summed E-state index contributed by atoms with van der Waals surface area (Å²) in [5, 5.41) is 0.673. The molecule has 3 N–H and O–H groups in total. The molecule has 1 aromatic carbocycles. The Hall–Kier alpha value is -0.880. The van der Waals surface area contributed by atoms with E-state index in [2.05, 4.69) is 16.5 Å². The first-order valence-corrected chi connectivity index (χ1v) is 7.72. The maximum absolute atomic E-state index is 6.21. The number of rotatable bonds is 9. The van der Waals surface area contributed by atoms with Crippen molar-refractivity contribution in [3.63, 3.8) is 0 Å². The van der Waals surface area contributed by atoms with Crippen LogP contribution in [0.1, 0.15) is 26.7 Å². The van der Waals surface area contributed by atoms with E-state index in [9.17, 15) is 0 Å². The molecule has 0 heterocycles. The summed E-state index contributed by atoms with van der Waals surface area (Å²) in [7, 11) is 0. The second kappa shape index (κ2) is 9.94. The van der Waals surface area contributed by atoms with Crippen molar-refractivity contribution in [2.75, 3.05) is 13.2 Å². The largest absolute Gasteiger partial charge is 0.494 e. The fourth-order valence-electron chi connectivity index (χ4n) is 1.34. The van der Waals surface area contributed by atoms with Gasteiger partial charge in [-0.05, 0) is 49.6 Å². The Bertz CT molecular complexity index is 441. The average Bonchev–Trinajstić information content (AvgIpc) is 2.45. The van der Waals surface area contributed by atoms with Gasteiger partial charge in [0, 0.05) is 11.4 Å². The number of benzene rings is 1. The van der Waals surface area contributed by atoms with Crippen molar-refractivity contribution in [1.29, 1.82) is 0 Å². The van der Waals surface area contributed by atoms with Crippen LogP contribution in [-0.4, -0.2) is 13.2 Å². The second-order valence-corrected chi connectivity index (χ2v) is 5.52. The van der Waals surface area contributed by atoms with Crippen LogP contribution in [0.2, 0.25) is 5.02 Å². The Morgan fingerprint density at radius 3 is 2.95 bits per heavy atom. The van der Waals surface area contributed by atoms with Gasteiger partial charge in [-0.2, -0.15) is 5.90 Å². The molecule has 1 aromatic rings. The minimum atomic E-state index is 0.638. The third kappa shape index (κ3) is 6.52. The molecule has 0 aromatic heterocycles. The van der Waals surface area contributed by atoms with E-state index in [1.165, 1.54) is 11.9 Å². The highest BCUT2D eigenvalue weighted by Gasteiger charge is 2.03. The third-order valence-corrected chi connectivity index (χ3v) is 3.82. The summed E-state index contributed by atoms with van der Waals surface area (Å²) in [5.41, 5.74) is 0.